The first-order chi connectivity index (χ1) is 8.97. The summed E-state index contributed by atoms with van der Waals surface area (Å²) in [5, 5.41) is 14.5. The van der Waals surface area contributed by atoms with Crippen LogP contribution in [-0.2, 0) is 0 Å². The van der Waals surface area contributed by atoms with Crippen molar-refractivity contribution in [2.24, 2.45) is 5.92 Å². The number of carbonyl (C=O) groups excluding carboxylic acids is 1. The van der Waals surface area contributed by atoms with Crippen LogP contribution in [0.2, 0.25) is 0 Å². The van der Waals surface area contributed by atoms with Gasteiger partial charge in [0.1, 0.15) is 5.75 Å². The second-order valence-corrected chi connectivity index (χ2v) is 5.31. The van der Waals surface area contributed by atoms with Crippen molar-refractivity contribution in [3.05, 3.63) is 22.7 Å². The quantitative estimate of drug-likeness (QED) is 0.777. The summed E-state index contributed by atoms with van der Waals surface area (Å²) in [5.41, 5.74) is 0.582. The normalized spacial score (nSPS) is 13.5. The highest BCUT2D eigenvalue weighted by atomic mass is 79.9. The number of urea groups is 1. The average Bonchev–Trinajstić information content (AvgIpc) is 2.37. The van der Waals surface area contributed by atoms with Gasteiger partial charge in [0, 0.05) is 17.1 Å². The Bertz CT molecular complexity index is 440. The molecule has 0 aliphatic carbocycles. The number of hydrogen-bond acceptors (Lipinski definition) is 3. The summed E-state index contributed by atoms with van der Waals surface area (Å²) in [6, 6.07) is 4.91. The van der Waals surface area contributed by atoms with Crippen molar-refractivity contribution >= 4 is 27.6 Å². The molecule has 0 saturated carbocycles. The molecule has 0 radical (unpaired) electrons. The minimum Gasteiger partial charge on any atom is -0.495 e. The number of benzene rings is 1. The van der Waals surface area contributed by atoms with Gasteiger partial charge in [-0.2, -0.15) is 0 Å². The van der Waals surface area contributed by atoms with E-state index in [9.17, 15) is 4.79 Å². The first-order valence-electron chi connectivity index (χ1n) is 5.99. The molecule has 0 aromatic heterocycles. The highest BCUT2D eigenvalue weighted by Crippen LogP contribution is 2.27. The van der Waals surface area contributed by atoms with Gasteiger partial charge in [-0.25, -0.2) is 4.79 Å². The molecule has 0 aliphatic rings. The van der Waals surface area contributed by atoms with E-state index in [1.807, 2.05) is 19.9 Å². The number of anilines is 1. The van der Waals surface area contributed by atoms with Crippen molar-refractivity contribution in [1.82, 2.24) is 5.32 Å². The van der Waals surface area contributed by atoms with E-state index in [0.29, 0.717) is 11.4 Å². The van der Waals surface area contributed by atoms with E-state index in [-0.39, 0.29) is 24.6 Å². The first-order valence-corrected chi connectivity index (χ1v) is 6.79. The minimum absolute atomic E-state index is 0.00449. The van der Waals surface area contributed by atoms with Crippen molar-refractivity contribution in [1.29, 1.82) is 0 Å². The largest absolute Gasteiger partial charge is 0.495 e. The molecule has 2 atom stereocenters. The van der Waals surface area contributed by atoms with Crippen LogP contribution in [-0.4, -0.2) is 30.9 Å². The SMILES string of the molecule is COc1ccc(Br)cc1NC(=O)N[C@H](C)[C@@H](C)CO. The average molecular weight is 331 g/mol. The van der Waals surface area contributed by atoms with Crippen LogP contribution in [0, 0.1) is 5.92 Å². The molecule has 6 heteroatoms. The zero-order valence-electron chi connectivity index (χ0n) is 11.2. The number of carbonyl (C=O) groups is 1. The van der Waals surface area contributed by atoms with Crippen molar-refractivity contribution in [2.75, 3.05) is 19.0 Å². The fraction of sp³-hybridized carbons (Fsp3) is 0.462. The number of halogens is 1. The van der Waals surface area contributed by atoms with Gasteiger partial charge in [-0.1, -0.05) is 22.9 Å². The number of hydrogen-bond donors (Lipinski definition) is 3. The third kappa shape index (κ3) is 4.72. The Hall–Kier alpha value is -1.27. The third-order valence-electron chi connectivity index (χ3n) is 2.91. The predicted molar refractivity (Wildman–Crippen MR) is 78.6 cm³/mol. The lowest BCUT2D eigenvalue weighted by Crippen LogP contribution is -2.40. The van der Waals surface area contributed by atoms with E-state index in [1.54, 1.807) is 19.2 Å². The molecule has 1 aromatic carbocycles. The van der Waals surface area contributed by atoms with E-state index in [4.69, 9.17) is 9.84 Å². The molecule has 19 heavy (non-hydrogen) atoms. The van der Waals surface area contributed by atoms with Crippen LogP contribution in [0.3, 0.4) is 0 Å². The Morgan fingerprint density at radius 3 is 2.74 bits per heavy atom. The number of amides is 2. The van der Waals surface area contributed by atoms with Gasteiger partial charge >= 0.3 is 6.03 Å². The van der Waals surface area contributed by atoms with Crippen LogP contribution in [0.5, 0.6) is 5.75 Å². The molecule has 0 spiro atoms. The number of methoxy groups -OCH3 is 1. The number of nitrogens with one attached hydrogen (secondary N) is 2. The summed E-state index contributed by atoms with van der Waals surface area (Å²) < 4.78 is 6.02. The van der Waals surface area contributed by atoms with Gasteiger partial charge in [-0.15, -0.1) is 0 Å². The van der Waals surface area contributed by atoms with Crippen molar-refractivity contribution in [2.45, 2.75) is 19.9 Å². The van der Waals surface area contributed by atoms with Gasteiger partial charge in [0.25, 0.3) is 0 Å². The molecule has 106 valence electrons. The highest BCUT2D eigenvalue weighted by Gasteiger charge is 2.15. The van der Waals surface area contributed by atoms with Crippen molar-refractivity contribution in [3.63, 3.8) is 0 Å². The molecule has 1 aromatic rings. The number of ether oxygens (including phenoxy) is 1. The summed E-state index contributed by atoms with van der Waals surface area (Å²) >= 11 is 3.34. The Morgan fingerprint density at radius 2 is 2.16 bits per heavy atom. The minimum atomic E-state index is -0.329. The third-order valence-corrected chi connectivity index (χ3v) is 3.40. The molecular formula is C13H19BrN2O3. The van der Waals surface area contributed by atoms with Gasteiger partial charge in [0.05, 0.1) is 12.8 Å². The van der Waals surface area contributed by atoms with Crippen molar-refractivity contribution < 1.29 is 14.6 Å². The summed E-state index contributed by atoms with van der Waals surface area (Å²) in [4.78, 5) is 11.8. The smallest absolute Gasteiger partial charge is 0.319 e. The lowest BCUT2D eigenvalue weighted by Gasteiger charge is -2.20. The fourth-order valence-electron chi connectivity index (χ4n) is 1.44. The summed E-state index contributed by atoms with van der Waals surface area (Å²) in [6.45, 7) is 3.74. The number of aliphatic hydroxyl groups excluding tert-OH is 1. The molecule has 0 bridgehead atoms. The molecule has 3 N–H and O–H groups in total. The fourth-order valence-corrected chi connectivity index (χ4v) is 1.80. The van der Waals surface area contributed by atoms with Gasteiger partial charge in [0.15, 0.2) is 0 Å². The molecule has 0 fully saturated rings. The second kappa shape index (κ2) is 7.35. The lowest BCUT2D eigenvalue weighted by molar-refractivity contribution is 0.204. The maximum Gasteiger partial charge on any atom is 0.319 e. The Morgan fingerprint density at radius 1 is 1.47 bits per heavy atom. The van der Waals surface area contributed by atoms with E-state index in [0.717, 1.165) is 4.47 Å². The van der Waals surface area contributed by atoms with Gasteiger partial charge in [-0.05, 0) is 31.0 Å². The van der Waals surface area contributed by atoms with E-state index in [1.165, 1.54) is 0 Å². The maximum atomic E-state index is 11.8. The molecule has 0 saturated heterocycles. The Balaban J connectivity index is 2.69. The molecular weight excluding hydrogens is 312 g/mol. The maximum absolute atomic E-state index is 11.8. The van der Waals surface area contributed by atoms with Gasteiger partial charge in [-0.3, -0.25) is 0 Å². The van der Waals surface area contributed by atoms with Crippen LogP contribution in [0.4, 0.5) is 10.5 Å². The Labute approximate surface area is 121 Å². The standard InChI is InChI=1S/C13H19BrN2O3/c1-8(7-17)9(2)15-13(18)16-11-6-10(14)4-5-12(11)19-3/h4-6,8-9,17H,7H2,1-3H3,(H2,15,16,18)/t8-,9+/m0/s1. The molecule has 5 nitrogen and oxygen atoms in total. The van der Waals surface area contributed by atoms with Crippen LogP contribution < -0.4 is 15.4 Å². The Kier molecular flexibility index (Phi) is 6.11. The van der Waals surface area contributed by atoms with Crippen LogP contribution in [0.15, 0.2) is 22.7 Å². The molecule has 0 unspecified atom stereocenters. The van der Waals surface area contributed by atoms with E-state index in [2.05, 4.69) is 26.6 Å². The number of aliphatic hydroxyl groups is 1. The molecule has 2 amide bonds. The van der Waals surface area contributed by atoms with Gasteiger partial charge < -0.3 is 20.5 Å². The van der Waals surface area contributed by atoms with E-state index < -0.39 is 0 Å². The summed E-state index contributed by atoms with van der Waals surface area (Å²) in [5.74, 6) is 0.580. The molecule has 1 rings (SSSR count). The molecule has 0 heterocycles. The lowest BCUT2D eigenvalue weighted by atomic mass is 10.1. The zero-order chi connectivity index (χ0) is 14.4. The second-order valence-electron chi connectivity index (χ2n) is 4.39. The monoisotopic (exact) mass is 330 g/mol. The van der Waals surface area contributed by atoms with E-state index >= 15 is 0 Å². The van der Waals surface area contributed by atoms with Gasteiger partial charge in [0.2, 0.25) is 0 Å². The topological polar surface area (TPSA) is 70.6 Å². The summed E-state index contributed by atoms with van der Waals surface area (Å²) in [7, 11) is 1.54. The van der Waals surface area contributed by atoms with Crippen LogP contribution in [0.1, 0.15) is 13.8 Å². The van der Waals surface area contributed by atoms with Crippen LogP contribution in [0.25, 0.3) is 0 Å². The van der Waals surface area contributed by atoms with Crippen molar-refractivity contribution in [3.8, 4) is 5.75 Å². The predicted octanol–water partition coefficient (Wildman–Crippen LogP) is 2.60. The highest BCUT2D eigenvalue weighted by molar-refractivity contribution is 9.10. The number of rotatable bonds is 5. The van der Waals surface area contributed by atoms with Crippen LogP contribution >= 0.6 is 15.9 Å². The molecule has 0 aliphatic heterocycles. The zero-order valence-corrected chi connectivity index (χ0v) is 12.8. The first kappa shape index (κ1) is 15.8. The summed E-state index contributed by atoms with van der Waals surface area (Å²) in [6.07, 6.45) is 0.